The summed E-state index contributed by atoms with van der Waals surface area (Å²) in [5.74, 6) is -2.76. The van der Waals surface area contributed by atoms with Gasteiger partial charge in [-0.2, -0.15) is 13.2 Å². The Labute approximate surface area is 148 Å². The van der Waals surface area contributed by atoms with Crippen molar-refractivity contribution in [3.05, 3.63) is 35.9 Å². The predicted molar refractivity (Wildman–Crippen MR) is 76.0 cm³/mol. The fourth-order valence-electron chi connectivity index (χ4n) is 1.75. The average Bonchev–Trinajstić information content (AvgIpc) is 3.00. The van der Waals surface area contributed by atoms with Crippen LogP contribution in [0, 0.1) is 0 Å². The molecule has 0 aliphatic carbocycles. The summed E-state index contributed by atoms with van der Waals surface area (Å²) in [4.78, 5) is 20.5. The van der Waals surface area contributed by atoms with Crippen LogP contribution in [0.3, 0.4) is 0 Å². The molecule has 0 spiro atoms. The molecule has 1 aromatic rings. The number of benzene rings is 1. The maximum absolute atomic E-state index is 12.0. The van der Waals surface area contributed by atoms with Gasteiger partial charge in [-0.3, -0.25) is 4.74 Å². The van der Waals surface area contributed by atoms with E-state index in [0.29, 0.717) is 0 Å². The van der Waals surface area contributed by atoms with E-state index in [2.05, 4.69) is 10.2 Å². The molecule has 27 heavy (non-hydrogen) atoms. The van der Waals surface area contributed by atoms with Crippen molar-refractivity contribution >= 4 is 12.1 Å². The molecule has 1 aliphatic rings. The molecular formula is C14H14F6N2O5. The molecule has 1 fully saturated rings. The number of nitrogens with zero attached hydrogens (tertiary/aromatic N) is 1. The van der Waals surface area contributed by atoms with Gasteiger partial charge in [0.2, 0.25) is 0 Å². The highest BCUT2D eigenvalue weighted by Gasteiger charge is 2.39. The van der Waals surface area contributed by atoms with Gasteiger partial charge in [0.25, 0.3) is 0 Å². The minimum absolute atomic E-state index is 0.0582. The van der Waals surface area contributed by atoms with Crippen LogP contribution in [-0.2, 0) is 20.9 Å². The Bertz CT molecular complexity index is 623. The number of nitrogens with one attached hydrogen (secondary N) is 1. The Kier molecular flexibility index (Phi) is 7.84. The predicted octanol–water partition coefficient (Wildman–Crippen LogP) is 2.68. The van der Waals surface area contributed by atoms with Gasteiger partial charge in [-0.1, -0.05) is 30.3 Å². The molecule has 2 rings (SSSR count). The van der Waals surface area contributed by atoms with E-state index in [1.807, 2.05) is 6.07 Å². The molecule has 2 N–H and O–H groups in total. The quantitative estimate of drug-likeness (QED) is 0.754. The lowest BCUT2D eigenvalue weighted by molar-refractivity contribution is -0.339. The topological polar surface area (TPSA) is 88.1 Å². The molecule has 1 atom stereocenters. The highest BCUT2D eigenvalue weighted by molar-refractivity contribution is 5.73. The lowest BCUT2D eigenvalue weighted by Gasteiger charge is -2.16. The molecule has 1 saturated heterocycles. The van der Waals surface area contributed by atoms with Crippen LogP contribution in [0.4, 0.5) is 31.1 Å². The Morgan fingerprint density at radius 3 is 2.19 bits per heavy atom. The zero-order chi connectivity index (χ0) is 20.7. The lowest BCUT2D eigenvalue weighted by atomic mass is 10.2. The summed E-state index contributed by atoms with van der Waals surface area (Å²) in [5.41, 5.74) is 3.29. The Morgan fingerprint density at radius 1 is 1.15 bits per heavy atom. The summed E-state index contributed by atoms with van der Waals surface area (Å²) >= 11 is 0. The highest BCUT2D eigenvalue weighted by Crippen LogP contribution is 2.20. The zero-order valence-electron chi connectivity index (χ0n) is 13.4. The molecule has 1 aliphatic heterocycles. The molecule has 1 heterocycles. The van der Waals surface area contributed by atoms with E-state index < -0.39 is 30.7 Å². The molecule has 0 bridgehead atoms. The van der Waals surface area contributed by atoms with Gasteiger partial charge in [0.1, 0.15) is 12.7 Å². The fourth-order valence-corrected chi connectivity index (χ4v) is 1.75. The van der Waals surface area contributed by atoms with Crippen LogP contribution in [0.1, 0.15) is 5.56 Å². The second kappa shape index (κ2) is 9.41. The molecule has 0 aromatic heterocycles. The van der Waals surface area contributed by atoms with Crippen LogP contribution in [0.25, 0.3) is 0 Å². The molecule has 152 valence electrons. The molecule has 1 unspecified atom stereocenters. The van der Waals surface area contributed by atoms with Gasteiger partial charge in [0.05, 0.1) is 6.54 Å². The Morgan fingerprint density at radius 2 is 1.70 bits per heavy atom. The summed E-state index contributed by atoms with van der Waals surface area (Å²) in [6.45, 7) is -0.254. The SMILES string of the molecule is O=C(O)C(F)(F)F.O=C(OCc1ccccc1)N1CC(OC(F)(F)F)CN1. The van der Waals surface area contributed by atoms with Crippen LogP contribution in [-0.4, -0.2) is 53.9 Å². The van der Waals surface area contributed by atoms with Crippen molar-refractivity contribution in [1.29, 1.82) is 0 Å². The number of hydrogen-bond acceptors (Lipinski definition) is 5. The standard InChI is InChI=1S/C12H13F3N2O3.C2HF3O2/c13-12(14,15)20-10-6-16-17(7-10)11(18)19-8-9-4-2-1-3-5-9;3-2(4,5)1(6)7/h1-5,10,16H,6-8H2;(H,6,7). The number of hydrogen-bond donors (Lipinski definition) is 2. The largest absolute Gasteiger partial charge is 0.522 e. The number of amides is 1. The van der Waals surface area contributed by atoms with E-state index in [4.69, 9.17) is 14.6 Å². The smallest absolute Gasteiger partial charge is 0.475 e. The number of carbonyl (C=O) groups excluding carboxylic acids is 1. The van der Waals surface area contributed by atoms with E-state index in [0.717, 1.165) is 10.6 Å². The van der Waals surface area contributed by atoms with E-state index in [1.54, 1.807) is 24.3 Å². The van der Waals surface area contributed by atoms with Gasteiger partial charge in [0, 0.05) is 6.54 Å². The van der Waals surface area contributed by atoms with Gasteiger partial charge in [0.15, 0.2) is 0 Å². The number of rotatable bonds is 3. The summed E-state index contributed by atoms with van der Waals surface area (Å²) in [6, 6.07) is 8.97. The van der Waals surface area contributed by atoms with E-state index in [-0.39, 0.29) is 19.7 Å². The van der Waals surface area contributed by atoms with E-state index in [1.165, 1.54) is 0 Å². The fraction of sp³-hybridized carbons (Fsp3) is 0.429. The number of halogens is 6. The maximum Gasteiger partial charge on any atom is 0.522 e. The second-order valence-corrected chi connectivity index (χ2v) is 5.00. The third-order valence-corrected chi connectivity index (χ3v) is 2.86. The Balaban J connectivity index is 0.000000445. The summed E-state index contributed by atoms with van der Waals surface area (Å²) < 4.78 is 76.6. The molecule has 1 aromatic carbocycles. The van der Waals surface area contributed by atoms with Crippen molar-refractivity contribution in [1.82, 2.24) is 10.4 Å². The third-order valence-electron chi connectivity index (χ3n) is 2.86. The first kappa shape index (κ1) is 22.5. The first-order valence-electron chi connectivity index (χ1n) is 7.15. The zero-order valence-corrected chi connectivity index (χ0v) is 13.4. The van der Waals surface area contributed by atoms with E-state index in [9.17, 15) is 31.1 Å². The molecule has 13 heteroatoms. The van der Waals surface area contributed by atoms with Crippen LogP contribution < -0.4 is 5.43 Å². The number of alkyl halides is 6. The van der Waals surface area contributed by atoms with Crippen molar-refractivity contribution < 1.29 is 50.5 Å². The first-order valence-corrected chi connectivity index (χ1v) is 7.15. The highest BCUT2D eigenvalue weighted by atomic mass is 19.4. The number of hydrazine groups is 1. The van der Waals surface area contributed by atoms with Gasteiger partial charge >= 0.3 is 24.6 Å². The van der Waals surface area contributed by atoms with Crippen molar-refractivity contribution in [2.75, 3.05) is 13.1 Å². The van der Waals surface area contributed by atoms with Gasteiger partial charge in [-0.25, -0.2) is 20.0 Å². The van der Waals surface area contributed by atoms with Crippen molar-refractivity contribution in [3.8, 4) is 0 Å². The number of carboxylic acid groups (broad SMARTS) is 1. The number of ether oxygens (including phenoxy) is 2. The molecule has 0 radical (unpaired) electrons. The molecular weight excluding hydrogens is 390 g/mol. The maximum atomic E-state index is 12.0. The van der Waals surface area contributed by atoms with Crippen molar-refractivity contribution in [2.45, 2.75) is 25.2 Å². The first-order chi connectivity index (χ1) is 12.4. The second-order valence-electron chi connectivity index (χ2n) is 5.00. The van der Waals surface area contributed by atoms with Crippen LogP contribution in [0.15, 0.2) is 30.3 Å². The minimum Gasteiger partial charge on any atom is -0.475 e. The number of carbonyl (C=O) groups is 2. The van der Waals surface area contributed by atoms with Crippen LogP contribution in [0.2, 0.25) is 0 Å². The summed E-state index contributed by atoms with van der Waals surface area (Å²) in [7, 11) is 0. The summed E-state index contributed by atoms with van der Waals surface area (Å²) in [6.07, 6.45) is -11.7. The third kappa shape index (κ3) is 9.10. The van der Waals surface area contributed by atoms with Gasteiger partial charge < -0.3 is 9.84 Å². The van der Waals surface area contributed by atoms with Gasteiger partial charge in [-0.15, -0.1) is 13.2 Å². The van der Waals surface area contributed by atoms with Crippen molar-refractivity contribution in [3.63, 3.8) is 0 Å². The Hall–Kier alpha value is -2.54. The minimum atomic E-state index is -5.08. The molecule has 7 nitrogen and oxygen atoms in total. The monoisotopic (exact) mass is 404 g/mol. The lowest BCUT2D eigenvalue weighted by Crippen LogP contribution is -2.37. The molecule has 0 saturated carbocycles. The van der Waals surface area contributed by atoms with Crippen LogP contribution in [0.5, 0.6) is 0 Å². The van der Waals surface area contributed by atoms with Crippen LogP contribution >= 0.6 is 0 Å². The summed E-state index contributed by atoms with van der Waals surface area (Å²) in [5, 5.41) is 8.10. The van der Waals surface area contributed by atoms with Gasteiger partial charge in [-0.05, 0) is 5.56 Å². The average molecular weight is 404 g/mol. The molecule has 1 amide bonds. The van der Waals surface area contributed by atoms with E-state index >= 15 is 0 Å². The number of aliphatic carboxylic acids is 1. The van der Waals surface area contributed by atoms with Crippen molar-refractivity contribution in [2.24, 2.45) is 0 Å². The number of carboxylic acids is 1. The normalized spacial score (nSPS) is 17.1.